The molecule has 0 heterocycles. The summed E-state index contributed by atoms with van der Waals surface area (Å²) < 4.78 is 30.7. The van der Waals surface area contributed by atoms with Crippen molar-refractivity contribution in [1.82, 2.24) is 5.32 Å². The van der Waals surface area contributed by atoms with Crippen molar-refractivity contribution in [1.29, 1.82) is 0 Å². The van der Waals surface area contributed by atoms with E-state index in [0.717, 1.165) is 12.1 Å². The minimum absolute atomic E-state index is 0.0419. The normalized spacial score (nSPS) is 12.1. The fraction of sp³-hybridized carbons (Fsp3) is 0.429. The highest BCUT2D eigenvalue weighted by Gasteiger charge is 2.20. The van der Waals surface area contributed by atoms with Crippen molar-refractivity contribution >= 4 is 11.7 Å². The summed E-state index contributed by atoms with van der Waals surface area (Å²) >= 11 is 0. The molecule has 0 spiro atoms. The van der Waals surface area contributed by atoms with Gasteiger partial charge < -0.3 is 10.1 Å². The molecule has 0 radical (unpaired) electrons. The molecule has 0 bridgehead atoms. The van der Waals surface area contributed by atoms with E-state index in [1.54, 1.807) is 0 Å². The molecule has 1 atom stereocenters. The van der Waals surface area contributed by atoms with Crippen molar-refractivity contribution in [2.75, 3.05) is 6.61 Å². The maximum atomic E-state index is 12.9. The summed E-state index contributed by atoms with van der Waals surface area (Å²) in [6, 6.07) is 2.40. The number of amides is 1. The Kier molecular flexibility index (Phi) is 5.61. The van der Waals surface area contributed by atoms with Crippen molar-refractivity contribution < 1.29 is 23.1 Å². The van der Waals surface area contributed by atoms with Crippen LogP contribution >= 0.6 is 0 Å². The van der Waals surface area contributed by atoms with Gasteiger partial charge in [-0.25, -0.2) is 8.78 Å². The summed E-state index contributed by atoms with van der Waals surface area (Å²) in [5, 5.41) is 2.53. The predicted octanol–water partition coefficient (Wildman–Crippen LogP) is 2.07. The van der Waals surface area contributed by atoms with Crippen LogP contribution in [0.5, 0.6) is 5.75 Å². The van der Waals surface area contributed by atoms with E-state index < -0.39 is 23.6 Å². The zero-order valence-corrected chi connectivity index (χ0v) is 11.6. The van der Waals surface area contributed by atoms with Crippen LogP contribution in [0.4, 0.5) is 8.78 Å². The smallest absolute Gasteiger partial charge is 0.258 e. The molecule has 0 aliphatic rings. The molecule has 6 heteroatoms. The number of halogens is 2. The lowest BCUT2D eigenvalue weighted by Crippen LogP contribution is -2.45. The van der Waals surface area contributed by atoms with Gasteiger partial charge in [-0.3, -0.25) is 9.59 Å². The quantitative estimate of drug-likeness (QED) is 0.870. The van der Waals surface area contributed by atoms with Gasteiger partial charge in [-0.15, -0.1) is 0 Å². The third-order valence-electron chi connectivity index (χ3n) is 2.68. The molecular weight excluding hydrogens is 268 g/mol. The number of hydrogen-bond donors (Lipinski definition) is 1. The lowest BCUT2D eigenvalue weighted by molar-refractivity contribution is -0.129. The van der Waals surface area contributed by atoms with E-state index in [4.69, 9.17) is 4.74 Å². The monoisotopic (exact) mass is 285 g/mol. The number of hydrogen-bond acceptors (Lipinski definition) is 3. The van der Waals surface area contributed by atoms with Crippen molar-refractivity contribution in [3.63, 3.8) is 0 Å². The molecule has 0 saturated carbocycles. The summed E-state index contributed by atoms with van der Waals surface area (Å²) in [5.41, 5.74) is 0. The zero-order valence-electron chi connectivity index (χ0n) is 11.6. The molecule has 4 nitrogen and oxygen atoms in total. The number of carbonyl (C=O) groups is 2. The van der Waals surface area contributed by atoms with Crippen LogP contribution in [0.3, 0.4) is 0 Å². The van der Waals surface area contributed by atoms with Crippen LogP contribution in [0, 0.1) is 17.6 Å². The topological polar surface area (TPSA) is 55.4 Å². The van der Waals surface area contributed by atoms with E-state index in [1.807, 2.05) is 13.8 Å². The highest BCUT2D eigenvalue weighted by atomic mass is 19.2. The highest BCUT2D eigenvalue weighted by Crippen LogP contribution is 2.15. The highest BCUT2D eigenvalue weighted by molar-refractivity contribution is 5.88. The molecular formula is C14H17F2NO3. The average Bonchev–Trinajstić information content (AvgIpc) is 2.36. The largest absolute Gasteiger partial charge is 0.484 e. The lowest BCUT2D eigenvalue weighted by atomic mass is 10.0. The Bertz CT molecular complexity index is 503. The fourth-order valence-electron chi connectivity index (χ4n) is 1.67. The zero-order chi connectivity index (χ0) is 15.3. The van der Waals surface area contributed by atoms with Gasteiger partial charge in [0, 0.05) is 6.07 Å². The van der Waals surface area contributed by atoms with Gasteiger partial charge >= 0.3 is 0 Å². The van der Waals surface area contributed by atoms with E-state index in [2.05, 4.69) is 5.32 Å². The van der Waals surface area contributed by atoms with Gasteiger partial charge in [0.15, 0.2) is 24.0 Å². The number of Topliss-reactive ketones (excluding diaryl/α,β-unsaturated/α-hetero) is 1. The van der Waals surface area contributed by atoms with E-state index in [0.29, 0.717) is 0 Å². The van der Waals surface area contributed by atoms with Gasteiger partial charge in [-0.05, 0) is 25.0 Å². The Morgan fingerprint density at radius 3 is 2.40 bits per heavy atom. The van der Waals surface area contributed by atoms with Crippen LogP contribution in [0.1, 0.15) is 20.8 Å². The number of benzene rings is 1. The summed E-state index contributed by atoms with van der Waals surface area (Å²) in [5.74, 6) is -2.68. The van der Waals surface area contributed by atoms with Crippen LogP contribution in [0.15, 0.2) is 18.2 Å². The standard InChI is InChI=1S/C14H17F2NO3/c1-8(2)14(9(3)18)17-13(19)7-20-10-4-5-11(15)12(16)6-10/h4-6,8,14H,7H2,1-3H3,(H,17,19). The maximum Gasteiger partial charge on any atom is 0.258 e. The van der Waals surface area contributed by atoms with E-state index in [1.165, 1.54) is 13.0 Å². The van der Waals surface area contributed by atoms with Crippen molar-refractivity contribution in [3.8, 4) is 5.75 Å². The molecule has 1 aromatic rings. The molecule has 0 aliphatic heterocycles. The molecule has 1 rings (SSSR count). The van der Waals surface area contributed by atoms with E-state index in [9.17, 15) is 18.4 Å². The first kappa shape index (κ1) is 16.1. The molecule has 0 saturated heterocycles. The third kappa shape index (κ3) is 4.60. The SMILES string of the molecule is CC(=O)C(NC(=O)COc1ccc(F)c(F)c1)C(C)C. The molecule has 20 heavy (non-hydrogen) atoms. The minimum atomic E-state index is -1.05. The number of ether oxygens (including phenoxy) is 1. The van der Waals surface area contributed by atoms with Crippen molar-refractivity contribution in [3.05, 3.63) is 29.8 Å². The second-order valence-corrected chi connectivity index (χ2v) is 4.76. The number of ketones is 1. The number of carbonyl (C=O) groups excluding carboxylic acids is 2. The van der Waals surface area contributed by atoms with Crippen molar-refractivity contribution in [2.45, 2.75) is 26.8 Å². The average molecular weight is 285 g/mol. The first-order chi connectivity index (χ1) is 9.31. The Morgan fingerprint density at radius 2 is 1.90 bits per heavy atom. The second-order valence-electron chi connectivity index (χ2n) is 4.76. The minimum Gasteiger partial charge on any atom is -0.484 e. The molecule has 1 N–H and O–H groups in total. The molecule has 110 valence electrons. The van der Waals surface area contributed by atoms with Gasteiger partial charge in [0.2, 0.25) is 0 Å². The molecule has 0 fully saturated rings. The third-order valence-corrected chi connectivity index (χ3v) is 2.68. The predicted molar refractivity (Wildman–Crippen MR) is 69.3 cm³/mol. The Morgan fingerprint density at radius 1 is 1.25 bits per heavy atom. The van der Waals surface area contributed by atoms with Crippen LogP contribution < -0.4 is 10.1 Å². The maximum absolute atomic E-state index is 12.9. The molecule has 0 aromatic heterocycles. The van der Waals surface area contributed by atoms with Gasteiger partial charge in [0.1, 0.15) is 5.75 Å². The Labute approximate surface area is 116 Å². The lowest BCUT2D eigenvalue weighted by Gasteiger charge is -2.19. The summed E-state index contributed by atoms with van der Waals surface area (Å²) in [4.78, 5) is 23.0. The van der Waals surface area contributed by atoms with Gasteiger partial charge in [-0.1, -0.05) is 13.8 Å². The first-order valence-electron chi connectivity index (χ1n) is 6.19. The van der Waals surface area contributed by atoms with Crippen LogP contribution in [0.2, 0.25) is 0 Å². The van der Waals surface area contributed by atoms with Crippen molar-refractivity contribution in [2.24, 2.45) is 5.92 Å². The van der Waals surface area contributed by atoms with Crippen LogP contribution in [-0.4, -0.2) is 24.3 Å². The number of nitrogens with one attached hydrogen (secondary N) is 1. The summed E-state index contributed by atoms with van der Waals surface area (Å²) in [6.07, 6.45) is 0. The second kappa shape index (κ2) is 6.98. The fourth-order valence-corrected chi connectivity index (χ4v) is 1.67. The summed E-state index contributed by atoms with van der Waals surface area (Å²) in [6.45, 7) is 4.63. The van der Waals surface area contributed by atoms with Gasteiger partial charge in [0.05, 0.1) is 6.04 Å². The first-order valence-corrected chi connectivity index (χ1v) is 6.19. The molecule has 1 unspecified atom stereocenters. The number of rotatable bonds is 6. The Hall–Kier alpha value is -1.98. The molecule has 1 aromatic carbocycles. The van der Waals surface area contributed by atoms with Gasteiger partial charge in [0.25, 0.3) is 5.91 Å². The van der Waals surface area contributed by atoms with E-state index >= 15 is 0 Å². The van der Waals surface area contributed by atoms with Crippen LogP contribution in [-0.2, 0) is 9.59 Å². The van der Waals surface area contributed by atoms with Gasteiger partial charge in [-0.2, -0.15) is 0 Å². The summed E-state index contributed by atoms with van der Waals surface area (Å²) in [7, 11) is 0. The Balaban J connectivity index is 2.54. The van der Waals surface area contributed by atoms with E-state index in [-0.39, 0.29) is 24.1 Å². The molecule has 0 aliphatic carbocycles. The molecule has 1 amide bonds. The van der Waals surface area contributed by atoms with Crippen LogP contribution in [0.25, 0.3) is 0 Å².